The second-order valence-corrected chi connectivity index (χ2v) is 4.27. The number of rotatable bonds is 5. The van der Waals surface area contributed by atoms with Crippen LogP contribution in [0, 0.1) is 0 Å². The molecule has 1 unspecified atom stereocenters. The fraction of sp³-hybridized carbons (Fsp3) is 0.286. The van der Waals surface area contributed by atoms with Crippen LogP contribution in [0.1, 0.15) is 35.8 Å². The number of amides is 1. The first-order valence-electron chi connectivity index (χ1n) is 6.30. The van der Waals surface area contributed by atoms with Crippen LogP contribution < -0.4 is 15.8 Å². The van der Waals surface area contributed by atoms with E-state index in [2.05, 4.69) is 10.3 Å². The van der Waals surface area contributed by atoms with Crippen molar-refractivity contribution >= 4 is 11.6 Å². The summed E-state index contributed by atoms with van der Waals surface area (Å²) in [4.78, 5) is 16.1. The highest BCUT2D eigenvalue weighted by molar-refractivity contribution is 6.02. The standard InChI is InChI=1S/C14H17N3O3/c1-3-11(15)14-17-12(8-20-14)13(18)16-9-4-6-10(19-2)7-5-9/h4-8,11H,3,15H2,1-2H3,(H,16,18). The number of carbonyl (C=O) groups is 1. The number of carbonyl (C=O) groups excluding carboxylic acids is 1. The van der Waals surface area contributed by atoms with Crippen molar-refractivity contribution < 1.29 is 13.9 Å². The van der Waals surface area contributed by atoms with Gasteiger partial charge in [0, 0.05) is 5.69 Å². The number of nitrogens with two attached hydrogens (primary N) is 1. The number of methoxy groups -OCH3 is 1. The zero-order valence-electron chi connectivity index (χ0n) is 11.4. The van der Waals surface area contributed by atoms with Crippen LogP contribution in [0.4, 0.5) is 5.69 Å². The highest BCUT2D eigenvalue weighted by atomic mass is 16.5. The molecule has 1 heterocycles. The molecular weight excluding hydrogens is 258 g/mol. The maximum absolute atomic E-state index is 12.0. The normalized spacial score (nSPS) is 11.9. The van der Waals surface area contributed by atoms with Crippen LogP contribution in [0.2, 0.25) is 0 Å². The molecule has 20 heavy (non-hydrogen) atoms. The number of oxazole rings is 1. The quantitative estimate of drug-likeness (QED) is 0.874. The van der Waals surface area contributed by atoms with Gasteiger partial charge in [-0.25, -0.2) is 4.98 Å². The number of aromatic nitrogens is 1. The highest BCUT2D eigenvalue weighted by Gasteiger charge is 2.15. The Kier molecular flexibility index (Phi) is 4.37. The third-order valence-corrected chi connectivity index (χ3v) is 2.86. The van der Waals surface area contributed by atoms with Gasteiger partial charge in [-0.3, -0.25) is 4.79 Å². The van der Waals surface area contributed by atoms with Crippen LogP contribution in [0.5, 0.6) is 5.75 Å². The van der Waals surface area contributed by atoms with Crippen molar-refractivity contribution in [2.24, 2.45) is 5.73 Å². The van der Waals surface area contributed by atoms with Gasteiger partial charge in [0.1, 0.15) is 12.0 Å². The molecule has 0 spiro atoms. The molecule has 0 saturated heterocycles. The van der Waals surface area contributed by atoms with Crippen molar-refractivity contribution in [3.63, 3.8) is 0 Å². The SMILES string of the molecule is CCC(N)c1nc(C(=O)Nc2ccc(OC)cc2)co1. The maximum Gasteiger partial charge on any atom is 0.277 e. The van der Waals surface area contributed by atoms with Crippen molar-refractivity contribution in [3.8, 4) is 5.75 Å². The Morgan fingerprint density at radius 1 is 1.45 bits per heavy atom. The number of anilines is 1. The summed E-state index contributed by atoms with van der Waals surface area (Å²) in [7, 11) is 1.58. The van der Waals surface area contributed by atoms with E-state index < -0.39 is 0 Å². The molecule has 0 aliphatic heterocycles. The van der Waals surface area contributed by atoms with Gasteiger partial charge in [0.05, 0.1) is 13.2 Å². The van der Waals surface area contributed by atoms with E-state index in [0.717, 1.165) is 5.75 Å². The molecule has 1 amide bonds. The van der Waals surface area contributed by atoms with Gasteiger partial charge in [0.15, 0.2) is 5.69 Å². The van der Waals surface area contributed by atoms with E-state index in [9.17, 15) is 4.79 Å². The third-order valence-electron chi connectivity index (χ3n) is 2.86. The van der Waals surface area contributed by atoms with Gasteiger partial charge in [-0.2, -0.15) is 0 Å². The average Bonchev–Trinajstić information content (AvgIpc) is 2.97. The summed E-state index contributed by atoms with van der Waals surface area (Å²) in [6, 6.07) is 6.72. The summed E-state index contributed by atoms with van der Waals surface area (Å²) in [5.41, 5.74) is 6.65. The van der Waals surface area contributed by atoms with E-state index >= 15 is 0 Å². The zero-order valence-corrected chi connectivity index (χ0v) is 11.4. The number of benzene rings is 1. The largest absolute Gasteiger partial charge is 0.497 e. The molecule has 1 aromatic carbocycles. The van der Waals surface area contributed by atoms with E-state index in [4.69, 9.17) is 14.9 Å². The predicted octanol–water partition coefficient (Wildman–Crippen LogP) is 2.35. The minimum atomic E-state index is -0.339. The lowest BCUT2D eigenvalue weighted by Gasteiger charge is -2.04. The molecule has 0 saturated carbocycles. The smallest absolute Gasteiger partial charge is 0.277 e. The van der Waals surface area contributed by atoms with Crippen LogP contribution in [0.15, 0.2) is 34.9 Å². The lowest BCUT2D eigenvalue weighted by molar-refractivity contribution is 0.102. The van der Waals surface area contributed by atoms with Crippen molar-refractivity contribution in [1.29, 1.82) is 0 Å². The molecular formula is C14H17N3O3. The summed E-state index contributed by atoms with van der Waals surface area (Å²) in [5, 5.41) is 2.72. The number of nitrogens with one attached hydrogen (secondary N) is 1. The Morgan fingerprint density at radius 2 is 2.15 bits per heavy atom. The molecule has 1 atom stereocenters. The summed E-state index contributed by atoms with van der Waals surface area (Å²) in [6.45, 7) is 1.92. The van der Waals surface area contributed by atoms with E-state index in [1.165, 1.54) is 6.26 Å². The second kappa shape index (κ2) is 6.21. The maximum atomic E-state index is 12.0. The zero-order chi connectivity index (χ0) is 14.5. The fourth-order valence-corrected chi connectivity index (χ4v) is 1.61. The third kappa shape index (κ3) is 3.16. The molecule has 1 aromatic heterocycles. The number of hydrogen-bond acceptors (Lipinski definition) is 5. The Labute approximate surface area is 116 Å². The lowest BCUT2D eigenvalue weighted by atomic mass is 10.2. The molecule has 106 valence electrons. The van der Waals surface area contributed by atoms with E-state index in [0.29, 0.717) is 18.0 Å². The van der Waals surface area contributed by atoms with Crippen molar-refractivity contribution in [2.75, 3.05) is 12.4 Å². The van der Waals surface area contributed by atoms with Crippen molar-refractivity contribution in [1.82, 2.24) is 4.98 Å². The Balaban J connectivity index is 2.05. The molecule has 2 rings (SSSR count). The summed E-state index contributed by atoms with van der Waals surface area (Å²) < 4.78 is 10.2. The molecule has 2 aromatic rings. The predicted molar refractivity (Wildman–Crippen MR) is 74.7 cm³/mol. The summed E-state index contributed by atoms with van der Waals surface area (Å²) in [5.74, 6) is 0.751. The summed E-state index contributed by atoms with van der Waals surface area (Å²) in [6.07, 6.45) is 2.00. The van der Waals surface area contributed by atoms with E-state index in [1.807, 2.05) is 6.92 Å². The summed E-state index contributed by atoms with van der Waals surface area (Å²) >= 11 is 0. The van der Waals surface area contributed by atoms with Gasteiger partial charge in [-0.15, -0.1) is 0 Å². The average molecular weight is 275 g/mol. The Bertz CT molecular complexity index is 578. The topological polar surface area (TPSA) is 90.4 Å². The van der Waals surface area contributed by atoms with Crippen LogP contribution in [-0.4, -0.2) is 18.0 Å². The molecule has 6 nitrogen and oxygen atoms in total. The highest BCUT2D eigenvalue weighted by Crippen LogP contribution is 2.17. The van der Waals surface area contributed by atoms with Crippen LogP contribution in [-0.2, 0) is 0 Å². The molecule has 6 heteroatoms. The first-order chi connectivity index (χ1) is 9.63. The lowest BCUT2D eigenvalue weighted by Crippen LogP contribution is -2.14. The molecule has 3 N–H and O–H groups in total. The molecule has 0 aliphatic carbocycles. The molecule has 0 bridgehead atoms. The number of nitrogens with zero attached hydrogens (tertiary/aromatic N) is 1. The fourth-order valence-electron chi connectivity index (χ4n) is 1.61. The first-order valence-corrected chi connectivity index (χ1v) is 6.30. The van der Waals surface area contributed by atoms with Gasteiger partial charge >= 0.3 is 0 Å². The minimum absolute atomic E-state index is 0.208. The van der Waals surface area contributed by atoms with Crippen LogP contribution in [0.3, 0.4) is 0 Å². The molecule has 0 aliphatic rings. The first kappa shape index (κ1) is 14.1. The Morgan fingerprint density at radius 3 is 2.75 bits per heavy atom. The van der Waals surface area contributed by atoms with Gasteiger partial charge in [0.25, 0.3) is 5.91 Å². The monoisotopic (exact) mass is 275 g/mol. The van der Waals surface area contributed by atoms with Crippen LogP contribution >= 0.6 is 0 Å². The number of ether oxygens (including phenoxy) is 1. The van der Waals surface area contributed by atoms with Gasteiger partial charge in [-0.05, 0) is 30.7 Å². The van der Waals surface area contributed by atoms with Gasteiger partial charge < -0.3 is 20.2 Å². The molecule has 0 fully saturated rings. The number of hydrogen-bond donors (Lipinski definition) is 2. The van der Waals surface area contributed by atoms with E-state index in [-0.39, 0.29) is 17.6 Å². The Hall–Kier alpha value is -2.34. The molecule has 0 radical (unpaired) electrons. The second-order valence-electron chi connectivity index (χ2n) is 4.27. The van der Waals surface area contributed by atoms with E-state index in [1.54, 1.807) is 31.4 Å². The van der Waals surface area contributed by atoms with Crippen molar-refractivity contribution in [3.05, 3.63) is 42.1 Å². The minimum Gasteiger partial charge on any atom is -0.497 e. The van der Waals surface area contributed by atoms with Gasteiger partial charge in [0.2, 0.25) is 5.89 Å². The van der Waals surface area contributed by atoms with Crippen molar-refractivity contribution in [2.45, 2.75) is 19.4 Å². The van der Waals surface area contributed by atoms with Crippen LogP contribution in [0.25, 0.3) is 0 Å². The van der Waals surface area contributed by atoms with Gasteiger partial charge in [-0.1, -0.05) is 6.92 Å².